The van der Waals surface area contributed by atoms with Crippen molar-refractivity contribution in [2.45, 2.75) is 110 Å². The molecule has 2 aliphatic heterocycles. The third kappa shape index (κ3) is 5.81. The molecule has 0 radical (unpaired) electrons. The Morgan fingerprint density at radius 1 is 0.729 bits per heavy atom. The Bertz CT molecular complexity index is 2910. The standard InChI is InChI=1S/C53H52N4O.Pt/c1-31-20-21-38-40(24-31)51(7,8)30-47-53(38,11)55-49(58-47)36-28-44(33(3)25-32(36)2)56-43-19-15-13-17-39(43)52(9,10)41-27-37-35-16-12-14-18-42(35)57(45(37)29-46(41)56)48-26-34(22-23-54-48)50(4,5)6;/h12-27,47H,30H2,1-11H3;/q-2;+2/t47-,53+;/m0./s1. The van der Waals surface area contributed by atoms with Crippen LogP contribution in [0.15, 0.2) is 102 Å². The zero-order valence-electron chi connectivity index (χ0n) is 36.0. The van der Waals surface area contributed by atoms with Crippen LogP contribution in [0.5, 0.6) is 0 Å². The minimum atomic E-state index is -0.487. The maximum Gasteiger partial charge on any atom is 2.00 e. The smallest absolute Gasteiger partial charge is 0.514 e. The molecule has 2 aromatic heterocycles. The maximum atomic E-state index is 6.98. The molecule has 2 atom stereocenters. The van der Waals surface area contributed by atoms with Gasteiger partial charge in [0.1, 0.15) is 23.4 Å². The average Bonchev–Trinajstić information content (AvgIpc) is 3.68. The molecule has 4 heterocycles. The van der Waals surface area contributed by atoms with Crippen LogP contribution in [0.4, 0.5) is 17.1 Å². The predicted octanol–water partition coefficient (Wildman–Crippen LogP) is 12.9. The fraction of sp³-hybridized carbons (Fsp3) is 0.321. The summed E-state index contributed by atoms with van der Waals surface area (Å²) in [6, 6.07) is 41.5. The van der Waals surface area contributed by atoms with Gasteiger partial charge in [0, 0.05) is 17.4 Å². The zero-order chi connectivity index (χ0) is 40.7. The minimum Gasteiger partial charge on any atom is -0.514 e. The van der Waals surface area contributed by atoms with Crippen LogP contribution in [-0.2, 0) is 47.6 Å². The molecular weight excluding hydrogens is 904 g/mol. The molecule has 0 unspecified atom stereocenters. The van der Waals surface area contributed by atoms with Gasteiger partial charge < -0.3 is 14.2 Å². The molecule has 0 bridgehead atoms. The molecular formula is C53H52N4OPt. The first-order valence-electron chi connectivity index (χ1n) is 20.8. The number of pyridine rings is 1. The Morgan fingerprint density at radius 2 is 1.47 bits per heavy atom. The van der Waals surface area contributed by atoms with E-state index in [4.69, 9.17) is 14.7 Å². The predicted molar refractivity (Wildman–Crippen MR) is 239 cm³/mol. The number of hydrogen-bond acceptors (Lipinski definition) is 4. The number of anilines is 3. The number of aliphatic imine (C=N–C) groups is 1. The molecule has 300 valence electrons. The van der Waals surface area contributed by atoms with E-state index in [1.54, 1.807) is 0 Å². The number of benzene rings is 5. The van der Waals surface area contributed by atoms with E-state index in [0.717, 1.165) is 62.4 Å². The van der Waals surface area contributed by atoms with Crippen molar-refractivity contribution in [1.82, 2.24) is 9.55 Å². The van der Waals surface area contributed by atoms with Gasteiger partial charge in [-0.1, -0.05) is 139 Å². The fourth-order valence-electron chi connectivity index (χ4n) is 10.1. The largest absolute Gasteiger partial charge is 2.00 e. The first-order chi connectivity index (χ1) is 27.5. The van der Waals surface area contributed by atoms with Gasteiger partial charge in [0.05, 0.1) is 0 Å². The summed E-state index contributed by atoms with van der Waals surface area (Å²) in [6.45, 7) is 24.9. The van der Waals surface area contributed by atoms with Gasteiger partial charge in [0.25, 0.3) is 0 Å². The molecule has 0 fully saturated rings. The molecule has 0 saturated carbocycles. The van der Waals surface area contributed by atoms with E-state index in [-0.39, 0.29) is 43.4 Å². The van der Waals surface area contributed by atoms with Crippen molar-refractivity contribution in [3.05, 3.63) is 159 Å². The van der Waals surface area contributed by atoms with E-state index in [1.807, 2.05) is 6.20 Å². The average molecular weight is 956 g/mol. The molecule has 5 nitrogen and oxygen atoms in total. The molecule has 59 heavy (non-hydrogen) atoms. The van der Waals surface area contributed by atoms with Crippen molar-refractivity contribution in [2.24, 2.45) is 4.99 Å². The summed E-state index contributed by atoms with van der Waals surface area (Å²) in [4.78, 5) is 12.9. The van der Waals surface area contributed by atoms with E-state index in [9.17, 15) is 0 Å². The first kappa shape index (κ1) is 39.5. The Hall–Kier alpha value is -4.99. The van der Waals surface area contributed by atoms with Crippen molar-refractivity contribution < 1.29 is 25.8 Å². The maximum absolute atomic E-state index is 6.98. The SMILES string of the molecule is Cc1ccc2c(c1)C(C)(C)C[C@@H]1OC(c3[c-]c(N4c5[c-]c6c(cc5C(C)(C)c5ccccc54)c4ccccc4n6-c4cc(C(C)(C)C)ccn4)c(C)cc3C)=N[C@]21C.[Pt+2]. The van der Waals surface area contributed by atoms with Crippen LogP contribution < -0.4 is 4.90 Å². The molecule has 0 spiro atoms. The van der Waals surface area contributed by atoms with Gasteiger partial charge in [0.15, 0.2) is 0 Å². The van der Waals surface area contributed by atoms with Crippen LogP contribution in [0.25, 0.3) is 27.6 Å². The second-order valence-electron chi connectivity index (χ2n) is 19.4. The van der Waals surface area contributed by atoms with Gasteiger partial charge >= 0.3 is 21.1 Å². The Labute approximate surface area is 363 Å². The van der Waals surface area contributed by atoms with E-state index in [0.29, 0.717) is 5.90 Å². The van der Waals surface area contributed by atoms with Crippen LogP contribution in [0.1, 0.15) is 112 Å². The monoisotopic (exact) mass is 955 g/mol. The number of fused-ring (bicyclic) bond motifs is 8. The quantitative estimate of drug-likeness (QED) is 0.166. The van der Waals surface area contributed by atoms with Crippen LogP contribution in [0.2, 0.25) is 0 Å². The van der Waals surface area contributed by atoms with E-state index >= 15 is 0 Å². The minimum absolute atomic E-state index is 0. The number of nitrogens with zero attached hydrogens (tertiary/aromatic N) is 4. The van der Waals surface area contributed by atoms with Gasteiger partial charge in [-0.2, -0.15) is 6.07 Å². The van der Waals surface area contributed by atoms with Gasteiger partial charge in [-0.3, -0.25) is 4.99 Å². The molecule has 3 aliphatic rings. The van der Waals surface area contributed by atoms with Gasteiger partial charge in [-0.15, -0.1) is 40.3 Å². The van der Waals surface area contributed by atoms with E-state index in [2.05, 4.69) is 189 Å². The molecule has 7 aromatic rings. The molecule has 0 amide bonds. The topological polar surface area (TPSA) is 42.6 Å². The zero-order valence-corrected chi connectivity index (χ0v) is 38.3. The Morgan fingerprint density at radius 3 is 2.25 bits per heavy atom. The number of para-hydroxylation sites is 2. The first-order valence-corrected chi connectivity index (χ1v) is 20.8. The van der Waals surface area contributed by atoms with Crippen LogP contribution in [0, 0.1) is 32.9 Å². The van der Waals surface area contributed by atoms with Crippen molar-refractivity contribution in [1.29, 1.82) is 0 Å². The van der Waals surface area contributed by atoms with Crippen molar-refractivity contribution in [2.75, 3.05) is 4.90 Å². The molecule has 6 heteroatoms. The normalized spacial score (nSPS) is 19.9. The van der Waals surface area contributed by atoms with Crippen LogP contribution in [0.3, 0.4) is 0 Å². The van der Waals surface area contributed by atoms with Crippen molar-refractivity contribution >= 4 is 44.8 Å². The number of rotatable bonds is 3. The number of aromatic nitrogens is 2. The summed E-state index contributed by atoms with van der Waals surface area (Å²) in [6.07, 6.45) is 2.76. The second kappa shape index (κ2) is 13.3. The second-order valence-corrected chi connectivity index (χ2v) is 19.4. The molecule has 1 aliphatic carbocycles. The molecule has 5 aromatic carbocycles. The van der Waals surface area contributed by atoms with Crippen LogP contribution in [-0.4, -0.2) is 21.6 Å². The number of hydrogen-bond donors (Lipinski definition) is 0. The summed E-state index contributed by atoms with van der Waals surface area (Å²) >= 11 is 0. The fourth-order valence-corrected chi connectivity index (χ4v) is 10.1. The summed E-state index contributed by atoms with van der Waals surface area (Å²) in [5, 5.41) is 2.35. The van der Waals surface area contributed by atoms with Crippen LogP contribution >= 0.6 is 0 Å². The Kier molecular flexibility index (Phi) is 8.87. The summed E-state index contributed by atoms with van der Waals surface area (Å²) < 4.78 is 9.28. The number of aryl methyl sites for hydroxylation is 3. The van der Waals surface area contributed by atoms with Gasteiger partial charge in [-0.25, -0.2) is 4.98 Å². The third-order valence-corrected chi connectivity index (χ3v) is 13.5. The van der Waals surface area contributed by atoms with Gasteiger partial charge in [-0.05, 0) is 94.1 Å². The Balaban J connectivity index is 0.00000449. The van der Waals surface area contributed by atoms with Crippen molar-refractivity contribution in [3.8, 4) is 5.82 Å². The summed E-state index contributed by atoms with van der Waals surface area (Å²) in [7, 11) is 0. The number of ether oxygens (including phenoxy) is 1. The van der Waals surface area contributed by atoms with E-state index in [1.165, 1.54) is 38.8 Å². The molecule has 0 saturated heterocycles. The van der Waals surface area contributed by atoms with E-state index < -0.39 is 5.54 Å². The molecule has 10 rings (SSSR count). The summed E-state index contributed by atoms with van der Waals surface area (Å²) in [5.41, 5.74) is 15.1. The van der Waals surface area contributed by atoms with Crippen molar-refractivity contribution in [3.63, 3.8) is 0 Å². The third-order valence-electron chi connectivity index (χ3n) is 13.5. The summed E-state index contributed by atoms with van der Waals surface area (Å²) in [5.74, 6) is 1.56. The molecule has 0 N–H and O–H groups in total. The van der Waals surface area contributed by atoms with Gasteiger partial charge in [0.2, 0.25) is 0 Å².